The Bertz CT molecular complexity index is 311. The van der Waals surface area contributed by atoms with E-state index >= 15 is 0 Å². The molecule has 1 rings (SSSR count). The Morgan fingerprint density at radius 3 is 2.83 bits per heavy atom. The van der Waals surface area contributed by atoms with Crippen LogP contribution in [-0.2, 0) is 30.0 Å². The van der Waals surface area contributed by atoms with Gasteiger partial charge in [-0.1, -0.05) is 13.7 Å². The largest absolute Gasteiger partial charge is 0.427 e. The van der Waals surface area contributed by atoms with Crippen LogP contribution in [0.3, 0.4) is 0 Å². The van der Waals surface area contributed by atoms with Gasteiger partial charge >= 0.3 is 10.4 Å². The predicted molar refractivity (Wildman–Crippen MR) is 40.8 cm³/mol. The maximum absolute atomic E-state index is 11.9. The van der Waals surface area contributed by atoms with Gasteiger partial charge in [-0.15, -0.1) is 6.58 Å². The summed E-state index contributed by atoms with van der Waals surface area (Å²) in [6, 6.07) is 0. The van der Waals surface area contributed by atoms with Crippen LogP contribution < -0.4 is 0 Å². The summed E-state index contributed by atoms with van der Waals surface area (Å²) in [5.41, 5.74) is 0. The highest BCUT2D eigenvalue weighted by molar-refractivity contribution is 7.93. The molecule has 0 radical (unpaired) electrons. The molecule has 0 aliphatic carbocycles. The number of hydrogen-bond acceptors (Lipinski definition) is 4. The van der Waals surface area contributed by atoms with E-state index in [1.165, 1.54) is 6.08 Å². The Hall–Kier alpha value is -0.310. The maximum Gasteiger partial charge on any atom is 0.427 e. The van der Waals surface area contributed by atoms with Crippen LogP contribution >= 0.6 is 0 Å². The highest BCUT2D eigenvalue weighted by Gasteiger charge is 2.21. The lowest BCUT2D eigenvalue weighted by atomic mass is 10.4. The molecular weight excluding hydrogens is 209 g/mol. The summed E-state index contributed by atoms with van der Waals surface area (Å²) in [6.45, 7) is 3.53. The normalized spacial score (nSPS) is 30.8. The van der Waals surface area contributed by atoms with Crippen molar-refractivity contribution in [2.75, 3.05) is 6.61 Å². The number of halogens is 1. The number of nitrogens with zero attached hydrogens (tertiary/aromatic N) is 1. The summed E-state index contributed by atoms with van der Waals surface area (Å²) >= 11 is -1.64. The molecule has 0 spiro atoms. The first-order valence-corrected chi connectivity index (χ1v) is 5.23. The van der Waals surface area contributed by atoms with E-state index in [1.54, 1.807) is 0 Å². The molecule has 1 aliphatic heterocycles. The van der Waals surface area contributed by atoms with Crippen molar-refractivity contribution in [3.63, 3.8) is 0 Å². The van der Waals surface area contributed by atoms with Gasteiger partial charge in [0.15, 0.2) is 11.3 Å². The van der Waals surface area contributed by atoms with Gasteiger partial charge < -0.3 is 0 Å². The summed E-state index contributed by atoms with van der Waals surface area (Å²) < 4.78 is 44.0. The molecule has 1 heterocycles. The molecule has 5 nitrogen and oxygen atoms in total. The lowest BCUT2D eigenvalue weighted by Crippen LogP contribution is -2.03. The van der Waals surface area contributed by atoms with Crippen molar-refractivity contribution in [1.29, 1.82) is 0 Å². The average Bonchev–Trinajstić information content (AvgIpc) is 2.32. The smallest absolute Gasteiger partial charge is 0.281 e. The molecule has 1 aliphatic rings. The third-order valence-electron chi connectivity index (χ3n) is 0.952. The fourth-order valence-corrected chi connectivity index (χ4v) is 2.05. The Morgan fingerprint density at radius 2 is 2.42 bits per heavy atom. The SMILES string of the molecule is C=CC1COS(=NS(=O)(=O)F)O1. The quantitative estimate of drug-likeness (QED) is 0.495. The van der Waals surface area contributed by atoms with Gasteiger partial charge in [-0.25, -0.2) is 0 Å². The molecule has 8 heteroatoms. The van der Waals surface area contributed by atoms with E-state index in [-0.39, 0.29) is 6.61 Å². The highest BCUT2D eigenvalue weighted by Crippen LogP contribution is 2.13. The highest BCUT2D eigenvalue weighted by atomic mass is 32.3. The van der Waals surface area contributed by atoms with Crippen molar-refractivity contribution in [3.8, 4) is 0 Å². The second kappa shape index (κ2) is 3.60. The molecule has 2 atom stereocenters. The molecule has 0 saturated carbocycles. The molecule has 70 valence electrons. The van der Waals surface area contributed by atoms with Crippen LogP contribution in [0.5, 0.6) is 0 Å². The van der Waals surface area contributed by atoms with Crippen LogP contribution in [0.25, 0.3) is 0 Å². The number of rotatable bonds is 2. The second-order valence-corrected chi connectivity index (χ2v) is 4.14. The van der Waals surface area contributed by atoms with Crippen LogP contribution in [0.2, 0.25) is 0 Å². The molecule has 12 heavy (non-hydrogen) atoms. The standard InChI is InChI=1S/C4H6FNO4S2/c1-2-4-3-9-11(10-4)6-12(5,7)8/h2,4H,1,3H2. The van der Waals surface area contributed by atoms with Gasteiger partial charge in [0.1, 0.15) is 6.10 Å². The van der Waals surface area contributed by atoms with Crippen molar-refractivity contribution in [2.45, 2.75) is 6.10 Å². The minimum Gasteiger partial charge on any atom is -0.281 e. The lowest BCUT2D eigenvalue weighted by molar-refractivity contribution is 0.293. The minimum atomic E-state index is -4.89. The molecule has 0 aromatic heterocycles. The fourth-order valence-electron chi connectivity index (χ4n) is 0.506. The van der Waals surface area contributed by atoms with Gasteiger partial charge in [0, 0.05) is 0 Å². The molecule has 1 saturated heterocycles. The Balaban J connectivity index is 2.70. The molecule has 2 unspecified atom stereocenters. The van der Waals surface area contributed by atoms with Gasteiger partial charge in [0.25, 0.3) is 0 Å². The third-order valence-corrected chi connectivity index (χ3v) is 2.90. The number of hydrogen-bond donors (Lipinski definition) is 0. The fraction of sp³-hybridized carbons (Fsp3) is 0.500. The zero-order chi connectivity index (χ0) is 9.19. The van der Waals surface area contributed by atoms with Gasteiger partial charge in [-0.05, 0) is 0 Å². The Morgan fingerprint density at radius 1 is 1.75 bits per heavy atom. The van der Waals surface area contributed by atoms with Gasteiger partial charge in [-0.2, -0.15) is 8.42 Å². The van der Waals surface area contributed by atoms with Crippen molar-refractivity contribution in [2.24, 2.45) is 3.77 Å². The van der Waals surface area contributed by atoms with E-state index in [1.807, 2.05) is 0 Å². The zero-order valence-electron chi connectivity index (χ0n) is 5.84. The summed E-state index contributed by atoms with van der Waals surface area (Å²) in [5.74, 6) is 0. The van der Waals surface area contributed by atoms with Crippen molar-refractivity contribution in [3.05, 3.63) is 12.7 Å². The predicted octanol–water partition coefficient (Wildman–Crippen LogP) is 0.434. The average molecular weight is 215 g/mol. The van der Waals surface area contributed by atoms with E-state index in [4.69, 9.17) is 4.18 Å². The summed E-state index contributed by atoms with van der Waals surface area (Å²) in [7, 11) is -4.89. The van der Waals surface area contributed by atoms with Crippen LogP contribution in [-0.4, -0.2) is 21.1 Å². The van der Waals surface area contributed by atoms with E-state index in [2.05, 4.69) is 14.5 Å². The molecule has 0 aromatic carbocycles. The summed E-state index contributed by atoms with van der Waals surface area (Å²) in [5, 5.41) is 0. The molecule has 0 N–H and O–H groups in total. The Labute approximate surface area is 72.0 Å². The molecule has 1 fully saturated rings. The van der Waals surface area contributed by atoms with Crippen molar-refractivity contribution in [1.82, 2.24) is 0 Å². The van der Waals surface area contributed by atoms with Gasteiger partial charge in [0.05, 0.1) is 6.61 Å². The first kappa shape index (κ1) is 9.78. The molecule has 0 amide bonds. The van der Waals surface area contributed by atoms with Crippen LogP contribution in [0, 0.1) is 0 Å². The summed E-state index contributed by atoms with van der Waals surface area (Å²) in [6.07, 6.45) is 1.01. The van der Waals surface area contributed by atoms with Crippen LogP contribution in [0.15, 0.2) is 16.4 Å². The summed E-state index contributed by atoms with van der Waals surface area (Å²) in [4.78, 5) is 0. The van der Waals surface area contributed by atoms with Crippen molar-refractivity contribution >= 4 is 21.7 Å². The van der Waals surface area contributed by atoms with E-state index in [0.717, 1.165) is 0 Å². The topological polar surface area (TPSA) is 65.0 Å². The Kier molecular flexibility index (Phi) is 2.94. The van der Waals surface area contributed by atoms with Crippen LogP contribution in [0.4, 0.5) is 3.89 Å². The second-order valence-electron chi connectivity index (χ2n) is 1.86. The minimum absolute atomic E-state index is 0.144. The van der Waals surface area contributed by atoms with E-state index in [9.17, 15) is 12.3 Å². The van der Waals surface area contributed by atoms with Gasteiger partial charge in [0.2, 0.25) is 0 Å². The molecule has 0 aromatic rings. The maximum atomic E-state index is 11.9. The van der Waals surface area contributed by atoms with E-state index in [0.29, 0.717) is 0 Å². The molecule has 0 bridgehead atoms. The monoisotopic (exact) mass is 215 g/mol. The third kappa shape index (κ3) is 2.97. The van der Waals surface area contributed by atoms with Crippen LogP contribution in [0.1, 0.15) is 0 Å². The zero-order valence-corrected chi connectivity index (χ0v) is 7.48. The van der Waals surface area contributed by atoms with Gasteiger partial charge in [-0.3, -0.25) is 8.37 Å². The van der Waals surface area contributed by atoms with E-state index < -0.39 is 27.8 Å². The first-order valence-electron chi connectivity index (χ1n) is 2.86. The van der Waals surface area contributed by atoms with Crippen molar-refractivity contribution < 1.29 is 20.7 Å². The first-order chi connectivity index (χ1) is 5.51. The lowest BCUT2D eigenvalue weighted by Gasteiger charge is -1.94. The molecular formula is C4H6FNO4S2.